The van der Waals surface area contributed by atoms with Crippen LogP contribution in [0.4, 0.5) is 0 Å². The quantitative estimate of drug-likeness (QED) is 0.769. The van der Waals surface area contributed by atoms with Crippen LogP contribution in [0.3, 0.4) is 0 Å². The first-order valence-corrected chi connectivity index (χ1v) is 7.43. The van der Waals surface area contributed by atoms with Crippen LogP contribution in [0.15, 0.2) is 40.9 Å². The number of benzene rings is 1. The van der Waals surface area contributed by atoms with Crippen molar-refractivity contribution in [3.8, 4) is 5.75 Å². The monoisotopic (exact) mass is 353 g/mol. The maximum absolute atomic E-state index is 11.9. The second kappa shape index (κ2) is 7.26. The molecule has 1 aliphatic rings. The molecule has 1 aliphatic carbocycles. The van der Waals surface area contributed by atoms with Crippen LogP contribution in [-0.4, -0.2) is 29.6 Å². The third-order valence-electron chi connectivity index (χ3n) is 3.21. The van der Waals surface area contributed by atoms with Gasteiger partial charge in [-0.1, -0.05) is 28.1 Å². The molecule has 1 aromatic carbocycles. The molecular weight excluding hydrogens is 338 g/mol. The van der Waals surface area contributed by atoms with Gasteiger partial charge >= 0.3 is 5.97 Å². The molecule has 2 N–H and O–H groups in total. The van der Waals surface area contributed by atoms with Crippen molar-refractivity contribution < 1.29 is 19.4 Å². The number of carboxylic acid groups (broad SMARTS) is 1. The summed E-state index contributed by atoms with van der Waals surface area (Å²) < 4.78 is 6.27. The van der Waals surface area contributed by atoms with Crippen molar-refractivity contribution in [2.24, 2.45) is 5.92 Å². The van der Waals surface area contributed by atoms with E-state index in [1.165, 1.54) is 0 Å². The summed E-state index contributed by atoms with van der Waals surface area (Å²) in [5.41, 5.74) is 0. The van der Waals surface area contributed by atoms with Gasteiger partial charge in [0.05, 0.1) is 6.54 Å². The van der Waals surface area contributed by atoms with Gasteiger partial charge in [-0.25, -0.2) is 4.79 Å². The SMILES string of the molecule is O=C(NCC(Oc1ccc(Br)cc1)C(=O)O)C1CC=CC1. The van der Waals surface area contributed by atoms with Crippen molar-refractivity contribution >= 4 is 27.8 Å². The molecule has 6 heteroatoms. The molecule has 1 amide bonds. The van der Waals surface area contributed by atoms with E-state index in [2.05, 4.69) is 21.2 Å². The van der Waals surface area contributed by atoms with Crippen molar-refractivity contribution in [1.82, 2.24) is 5.32 Å². The Bertz CT molecular complexity index is 533. The summed E-state index contributed by atoms with van der Waals surface area (Å²) in [6.45, 7) is -0.0548. The highest BCUT2D eigenvalue weighted by Gasteiger charge is 2.24. The number of halogens is 1. The average Bonchev–Trinajstić information content (AvgIpc) is 2.99. The lowest BCUT2D eigenvalue weighted by atomic mass is 10.1. The molecule has 0 aliphatic heterocycles. The second-order valence-corrected chi connectivity index (χ2v) is 5.70. The van der Waals surface area contributed by atoms with E-state index in [9.17, 15) is 9.59 Å². The van der Waals surface area contributed by atoms with Crippen LogP contribution in [-0.2, 0) is 9.59 Å². The van der Waals surface area contributed by atoms with Gasteiger partial charge in [0.25, 0.3) is 0 Å². The number of carbonyl (C=O) groups is 2. The molecule has 21 heavy (non-hydrogen) atoms. The fourth-order valence-corrected chi connectivity index (χ4v) is 2.29. The normalized spacial score (nSPS) is 15.7. The first kappa shape index (κ1) is 15.6. The molecule has 1 atom stereocenters. The molecule has 0 aromatic heterocycles. The van der Waals surface area contributed by atoms with E-state index >= 15 is 0 Å². The lowest BCUT2D eigenvalue weighted by Crippen LogP contribution is -2.42. The van der Waals surface area contributed by atoms with Crippen LogP contribution >= 0.6 is 15.9 Å². The topological polar surface area (TPSA) is 75.6 Å². The summed E-state index contributed by atoms with van der Waals surface area (Å²) in [6.07, 6.45) is 4.22. The molecule has 0 saturated carbocycles. The van der Waals surface area contributed by atoms with E-state index in [0.29, 0.717) is 18.6 Å². The smallest absolute Gasteiger partial charge is 0.346 e. The van der Waals surface area contributed by atoms with Gasteiger partial charge in [-0.3, -0.25) is 4.79 Å². The molecule has 0 heterocycles. The van der Waals surface area contributed by atoms with E-state index < -0.39 is 12.1 Å². The Morgan fingerprint density at radius 3 is 2.48 bits per heavy atom. The number of nitrogens with one attached hydrogen (secondary N) is 1. The summed E-state index contributed by atoms with van der Waals surface area (Å²) in [4.78, 5) is 23.1. The highest BCUT2D eigenvalue weighted by Crippen LogP contribution is 2.19. The molecule has 0 spiro atoms. The summed E-state index contributed by atoms with van der Waals surface area (Å²) >= 11 is 3.29. The van der Waals surface area contributed by atoms with Crippen molar-refractivity contribution in [2.75, 3.05) is 6.54 Å². The zero-order valence-electron chi connectivity index (χ0n) is 11.3. The molecule has 0 radical (unpaired) electrons. The Balaban J connectivity index is 1.88. The number of rotatable bonds is 6. The average molecular weight is 354 g/mol. The van der Waals surface area contributed by atoms with Gasteiger partial charge in [0.1, 0.15) is 5.75 Å². The Morgan fingerprint density at radius 1 is 1.29 bits per heavy atom. The molecule has 0 saturated heterocycles. The first-order chi connectivity index (χ1) is 10.1. The van der Waals surface area contributed by atoms with Crippen molar-refractivity contribution in [3.63, 3.8) is 0 Å². The third kappa shape index (κ3) is 4.60. The zero-order valence-corrected chi connectivity index (χ0v) is 12.9. The van der Waals surface area contributed by atoms with Crippen LogP contribution in [0.5, 0.6) is 5.75 Å². The fraction of sp³-hybridized carbons (Fsp3) is 0.333. The van der Waals surface area contributed by atoms with Crippen molar-refractivity contribution in [2.45, 2.75) is 18.9 Å². The van der Waals surface area contributed by atoms with E-state index in [1.807, 2.05) is 12.2 Å². The Morgan fingerprint density at radius 2 is 1.90 bits per heavy atom. The van der Waals surface area contributed by atoms with E-state index in [1.54, 1.807) is 24.3 Å². The molecule has 112 valence electrons. The fourth-order valence-electron chi connectivity index (χ4n) is 2.03. The zero-order chi connectivity index (χ0) is 15.2. The molecule has 0 bridgehead atoms. The van der Waals surface area contributed by atoms with Gasteiger partial charge in [0, 0.05) is 10.4 Å². The van der Waals surface area contributed by atoms with E-state index in [0.717, 1.165) is 4.47 Å². The van der Waals surface area contributed by atoms with E-state index in [-0.39, 0.29) is 18.4 Å². The lowest BCUT2D eigenvalue weighted by molar-refractivity contribution is -0.145. The highest BCUT2D eigenvalue weighted by molar-refractivity contribution is 9.10. The maximum Gasteiger partial charge on any atom is 0.346 e. The standard InChI is InChI=1S/C15H16BrNO4/c16-11-5-7-12(8-6-11)21-13(15(19)20)9-17-14(18)10-3-1-2-4-10/h1-2,5-8,10,13H,3-4,9H2,(H,17,18)(H,19,20). The minimum atomic E-state index is -1.11. The number of carboxylic acids is 1. The molecule has 5 nitrogen and oxygen atoms in total. The highest BCUT2D eigenvalue weighted by atomic mass is 79.9. The van der Waals surface area contributed by atoms with Gasteiger partial charge < -0.3 is 15.2 Å². The van der Waals surface area contributed by atoms with Crippen LogP contribution in [0, 0.1) is 5.92 Å². The number of hydrogen-bond acceptors (Lipinski definition) is 3. The van der Waals surface area contributed by atoms with Crippen LogP contribution in [0.1, 0.15) is 12.8 Å². The van der Waals surface area contributed by atoms with E-state index in [4.69, 9.17) is 9.84 Å². The molecule has 1 aromatic rings. The summed E-state index contributed by atoms with van der Waals surface area (Å²) in [6, 6.07) is 6.86. The van der Waals surface area contributed by atoms with Crippen LogP contribution in [0.25, 0.3) is 0 Å². The lowest BCUT2D eigenvalue weighted by Gasteiger charge is -2.17. The Labute approximate surface area is 131 Å². The van der Waals surface area contributed by atoms with Crippen molar-refractivity contribution in [1.29, 1.82) is 0 Å². The maximum atomic E-state index is 11.9. The van der Waals surface area contributed by atoms with Crippen LogP contribution in [0.2, 0.25) is 0 Å². The van der Waals surface area contributed by atoms with Gasteiger partial charge in [-0.15, -0.1) is 0 Å². The third-order valence-corrected chi connectivity index (χ3v) is 3.74. The Kier molecular flexibility index (Phi) is 5.38. The molecular formula is C15H16BrNO4. The van der Waals surface area contributed by atoms with Gasteiger partial charge in [0.15, 0.2) is 0 Å². The minimum absolute atomic E-state index is 0.0548. The minimum Gasteiger partial charge on any atom is -0.478 e. The van der Waals surface area contributed by atoms with Gasteiger partial charge in [0.2, 0.25) is 12.0 Å². The first-order valence-electron chi connectivity index (χ1n) is 6.64. The van der Waals surface area contributed by atoms with Crippen molar-refractivity contribution in [3.05, 3.63) is 40.9 Å². The molecule has 1 unspecified atom stereocenters. The predicted molar refractivity (Wildman–Crippen MR) is 81.1 cm³/mol. The van der Waals surface area contributed by atoms with Gasteiger partial charge in [-0.2, -0.15) is 0 Å². The summed E-state index contributed by atoms with van der Waals surface area (Å²) in [5, 5.41) is 11.8. The number of aliphatic carboxylic acids is 1. The number of carbonyl (C=O) groups excluding carboxylic acids is 1. The molecule has 0 fully saturated rings. The van der Waals surface area contributed by atoms with Crippen LogP contribution < -0.4 is 10.1 Å². The van der Waals surface area contributed by atoms with Gasteiger partial charge in [-0.05, 0) is 37.1 Å². The largest absolute Gasteiger partial charge is 0.478 e. The molecule has 2 rings (SSSR count). The number of ether oxygens (including phenoxy) is 1. The Hall–Kier alpha value is -1.82. The summed E-state index contributed by atoms with van der Waals surface area (Å²) in [7, 11) is 0. The number of allylic oxidation sites excluding steroid dienone is 2. The number of hydrogen-bond donors (Lipinski definition) is 2. The summed E-state index contributed by atoms with van der Waals surface area (Å²) in [5.74, 6) is -0.886. The number of amides is 1. The second-order valence-electron chi connectivity index (χ2n) is 4.78. The predicted octanol–water partition coefficient (Wildman–Crippen LogP) is 2.36.